The van der Waals surface area contributed by atoms with E-state index in [1.807, 2.05) is 0 Å². The number of amides is 1. The minimum Gasteiger partial charge on any atom is -0.494 e. The lowest BCUT2D eigenvalue weighted by Gasteiger charge is -2.10. The summed E-state index contributed by atoms with van der Waals surface area (Å²) >= 11 is 0. The van der Waals surface area contributed by atoms with Gasteiger partial charge in [0.2, 0.25) is 0 Å². The smallest absolute Gasteiger partial charge is 0.339 e. The van der Waals surface area contributed by atoms with Crippen molar-refractivity contribution in [3.8, 4) is 11.8 Å². The van der Waals surface area contributed by atoms with Crippen LogP contribution >= 0.6 is 0 Å². The number of carbonyl (C=O) groups excluding carboxylic acids is 2. The van der Waals surface area contributed by atoms with Crippen molar-refractivity contribution in [2.24, 2.45) is 0 Å². The minimum absolute atomic E-state index is 0.130. The Kier molecular flexibility index (Phi) is 6.86. The standard InChI is InChI=1S/C19H16N4O6/c1-28-17-9-13(23(26)27)7-8-16(17)21-11-12(10-20)18(24)22-15-6-4-3-5-14(15)19(25)29-2/h3-9,11,21H,1-2H3,(H,22,24)/b12-11-. The Morgan fingerprint density at radius 1 is 1.17 bits per heavy atom. The van der Waals surface area contributed by atoms with Crippen molar-refractivity contribution in [1.82, 2.24) is 0 Å². The topological polar surface area (TPSA) is 144 Å². The number of para-hydroxylation sites is 1. The zero-order valence-corrected chi connectivity index (χ0v) is 15.5. The fourth-order valence-corrected chi connectivity index (χ4v) is 2.28. The van der Waals surface area contributed by atoms with Crippen LogP contribution in [0.2, 0.25) is 0 Å². The fourth-order valence-electron chi connectivity index (χ4n) is 2.28. The molecule has 0 radical (unpaired) electrons. The van der Waals surface area contributed by atoms with Crippen LogP contribution in [-0.4, -0.2) is 31.0 Å². The van der Waals surface area contributed by atoms with Gasteiger partial charge in [-0.2, -0.15) is 5.26 Å². The number of anilines is 2. The van der Waals surface area contributed by atoms with Gasteiger partial charge in [-0.25, -0.2) is 4.79 Å². The maximum Gasteiger partial charge on any atom is 0.339 e. The van der Waals surface area contributed by atoms with Crippen LogP contribution in [0.1, 0.15) is 10.4 Å². The van der Waals surface area contributed by atoms with Crippen molar-refractivity contribution in [2.45, 2.75) is 0 Å². The zero-order chi connectivity index (χ0) is 21.4. The first-order valence-corrected chi connectivity index (χ1v) is 8.09. The van der Waals surface area contributed by atoms with Gasteiger partial charge >= 0.3 is 5.97 Å². The van der Waals surface area contributed by atoms with E-state index in [2.05, 4.69) is 15.4 Å². The van der Waals surface area contributed by atoms with E-state index >= 15 is 0 Å². The van der Waals surface area contributed by atoms with E-state index in [-0.39, 0.29) is 28.3 Å². The molecule has 0 atom stereocenters. The van der Waals surface area contributed by atoms with Crippen molar-refractivity contribution >= 4 is 28.9 Å². The minimum atomic E-state index is -0.766. The maximum absolute atomic E-state index is 12.4. The fraction of sp³-hybridized carbons (Fsp3) is 0.105. The molecule has 0 aliphatic rings. The van der Waals surface area contributed by atoms with Crippen molar-refractivity contribution in [2.75, 3.05) is 24.9 Å². The Hall–Kier alpha value is -4.39. The summed E-state index contributed by atoms with van der Waals surface area (Å²) in [6.07, 6.45) is 1.12. The average molecular weight is 396 g/mol. The summed E-state index contributed by atoms with van der Waals surface area (Å²) in [6, 6.07) is 11.7. The molecular weight excluding hydrogens is 380 g/mol. The van der Waals surface area contributed by atoms with Gasteiger partial charge in [0, 0.05) is 12.3 Å². The predicted octanol–water partition coefficient (Wildman–Crippen LogP) is 2.85. The van der Waals surface area contributed by atoms with Crippen LogP contribution in [0.25, 0.3) is 0 Å². The van der Waals surface area contributed by atoms with Crippen LogP contribution < -0.4 is 15.4 Å². The summed E-state index contributed by atoms with van der Waals surface area (Å²) in [4.78, 5) is 34.5. The van der Waals surface area contributed by atoms with Gasteiger partial charge in [0.1, 0.15) is 17.4 Å². The largest absolute Gasteiger partial charge is 0.494 e. The van der Waals surface area contributed by atoms with E-state index in [1.54, 1.807) is 18.2 Å². The second-order valence-electron chi connectivity index (χ2n) is 5.45. The van der Waals surface area contributed by atoms with Crippen molar-refractivity contribution in [1.29, 1.82) is 5.26 Å². The first-order chi connectivity index (χ1) is 13.9. The molecule has 0 saturated heterocycles. The third kappa shape index (κ3) is 5.08. The number of nitrogens with zero attached hydrogens (tertiary/aromatic N) is 2. The average Bonchev–Trinajstić information content (AvgIpc) is 2.73. The van der Waals surface area contributed by atoms with Gasteiger partial charge in [0.25, 0.3) is 11.6 Å². The number of nitrogens with one attached hydrogen (secondary N) is 2. The maximum atomic E-state index is 12.4. The number of non-ortho nitro benzene ring substituents is 1. The summed E-state index contributed by atoms with van der Waals surface area (Å²) in [6.45, 7) is 0. The third-order valence-electron chi connectivity index (χ3n) is 3.71. The van der Waals surface area contributed by atoms with Gasteiger partial charge in [-0.1, -0.05) is 12.1 Å². The van der Waals surface area contributed by atoms with Gasteiger partial charge in [0.05, 0.1) is 42.1 Å². The lowest BCUT2D eigenvalue weighted by molar-refractivity contribution is -0.384. The number of nitro benzene ring substituents is 1. The number of rotatable bonds is 7. The SMILES string of the molecule is COC(=O)c1ccccc1NC(=O)/C(C#N)=C\Nc1ccc([N+](=O)[O-])cc1OC. The van der Waals surface area contributed by atoms with Gasteiger partial charge in [-0.15, -0.1) is 0 Å². The first-order valence-electron chi connectivity index (χ1n) is 8.09. The third-order valence-corrected chi connectivity index (χ3v) is 3.71. The second-order valence-corrected chi connectivity index (χ2v) is 5.45. The number of methoxy groups -OCH3 is 2. The molecule has 0 spiro atoms. The van der Waals surface area contributed by atoms with Crippen molar-refractivity contribution < 1.29 is 24.0 Å². The number of benzene rings is 2. The van der Waals surface area contributed by atoms with E-state index in [4.69, 9.17) is 4.74 Å². The molecular formula is C19H16N4O6. The summed E-state index contributed by atoms with van der Waals surface area (Å²) in [5, 5.41) is 25.3. The molecule has 0 fully saturated rings. The van der Waals surface area contributed by atoms with Crippen LogP contribution in [-0.2, 0) is 9.53 Å². The Balaban J connectivity index is 2.23. The molecule has 0 unspecified atom stereocenters. The number of nitro groups is 1. The highest BCUT2D eigenvalue weighted by atomic mass is 16.6. The first kappa shape index (κ1) is 20.9. The van der Waals surface area contributed by atoms with E-state index in [1.165, 1.54) is 44.6 Å². The predicted molar refractivity (Wildman–Crippen MR) is 103 cm³/mol. The van der Waals surface area contributed by atoms with Crippen LogP contribution in [0.5, 0.6) is 5.75 Å². The molecule has 10 nitrogen and oxygen atoms in total. The molecule has 148 valence electrons. The van der Waals surface area contributed by atoms with Gasteiger partial charge < -0.3 is 20.1 Å². The Labute approximate surface area is 165 Å². The number of hydrogen-bond acceptors (Lipinski definition) is 8. The molecule has 1 amide bonds. The Bertz CT molecular complexity index is 1030. The highest BCUT2D eigenvalue weighted by molar-refractivity contribution is 6.09. The second kappa shape index (κ2) is 9.52. The molecule has 0 aliphatic heterocycles. The molecule has 0 aliphatic carbocycles. The highest BCUT2D eigenvalue weighted by Gasteiger charge is 2.16. The number of esters is 1. The van der Waals surface area contributed by atoms with Crippen LogP contribution in [0.4, 0.5) is 17.1 Å². The molecule has 0 aromatic heterocycles. The van der Waals surface area contributed by atoms with E-state index < -0.39 is 16.8 Å². The summed E-state index contributed by atoms with van der Waals surface area (Å²) in [5.41, 5.74) is 0.150. The van der Waals surface area contributed by atoms with Crippen LogP contribution in [0.15, 0.2) is 54.2 Å². The summed E-state index contributed by atoms with van der Waals surface area (Å²) in [5.74, 6) is -1.25. The molecule has 0 bridgehead atoms. The quantitative estimate of drug-likeness (QED) is 0.239. The lowest BCUT2D eigenvalue weighted by Crippen LogP contribution is -2.17. The molecule has 2 N–H and O–H groups in total. The van der Waals surface area contributed by atoms with E-state index in [0.29, 0.717) is 5.69 Å². The molecule has 29 heavy (non-hydrogen) atoms. The number of ether oxygens (including phenoxy) is 2. The van der Waals surface area contributed by atoms with Crippen LogP contribution in [0.3, 0.4) is 0 Å². The molecule has 0 saturated carbocycles. The molecule has 10 heteroatoms. The molecule has 0 heterocycles. The van der Waals surface area contributed by atoms with E-state index in [9.17, 15) is 25.0 Å². The Morgan fingerprint density at radius 3 is 2.52 bits per heavy atom. The Morgan fingerprint density at radius 2 is 1.90 bits per heavy atom. The summed E-state index contributed by atoms with van der Waals surface area (Å²) in [7, 11) is 2.54. The van der Waals surface area contributed by atoms with Gasteiger partial charge in [0.15, 0.2) is 0 Å². The number of hydrogen-bond donors (Lipinski definition) is 2. The zero-order valence-electron chi connectivity index (χ0n) is 15.5. The number of carbonyl (C=O) groups is 2. The monoisotopic (exact) mass is 396 g/mol. The van der Waals surface area contributed by atoms with Crippen molar-refractivity contribution in [3.63, 3.8) is 0 Å². The van der Waals surface area contributed by atoms with Gasteiger partial charge in [-0.3, -0.25) is 14.9 Å². The number of nitriles is 1. The van der Waals surface area contributed by atoms with E-state index in [0.717, 1.165) is 6.20 Å². The normalized spacial score (nSPS) is 10.4. The lowest BCUT2D eigenvalue weighted by atomic mass is 10.1. The molecule has 2 aromatic carbocycles. The molecule has 2 rings (SSSR count). The molecule has 2 aromatic rings. The highest BCUT2D eigenvalue weighted by Crippen LogP contribution is 2.29. The van der Waals surface area contributed by atoms with Crippen molar-refractivity contribution in [3.05, 3.63) is 69.9 Å². The van der Waals surface area contributed by atoms with Crippen LogP contribution in [0, 0.1) is 21.4 Å². The van der Waals surface area contributed by atoms with Gasteiger partial charge in [-0.05, 0) is 18.2 Å². The summed E-state index contributed by atoms with van der Waals surface area (Å²) < 4.78 is 9.74.